The second-order valence-electron chi connectivity index (χ2n) is 5.65. The Balaban J connectivity index is 1.40. The number of hydrogen-bond acceptors (Lipinski definition) is 4. The number of rotatable bonds is 6. The average molecular weight is 337 g/mol. The molecule has 0 aliphatic heterocycles. The quantitative estimate of drug-likeness (QED) is 0.370. The second-order valence-corrected chi connectivity index (χ2v) is 6.72. The molecule has 4 rings (SSSR count). The molecule has 2 aromatic carbocycles. The first-order valence-electron chi connectivity index (χ1n) is 8.27. The first-order valence-corrected chi connectivity index (χ1v) is 9.26. The molecule has 0 saturated carbocycles. The van der Waals surface area contributed by atoms with Crippen molar-refractivity contribution < 1.29 is 4.42 Å². The van der Waals surface area contributed by atoms with E-state index in [-0.39, 0.29) is 0 Å². The van der Waals surface area contributed by atoms with Crippen LogP contribution in [0.25, 0.3) is 22.1 Å². The Hall–Kier alpha value is -2.27. The van der Waals surface area contributed by atoms with Gasteiger partial charge in [0.25, 0.3) is 0 Å². The molecule has 24 heavy (non-hydrogen) atoms. The summed E-state index contributed by atoms with van der Waals surface area (Å²) in [5.41, 5.74) is 4.09. The van der Waals surface area contributed by atoms with Gasteiger partial charge in [0.05, 0.1) is 11.0 Å². The van der Waals surface area contributed by atoms with Gasteiger partial charge in [-0.05, 0) is 37.6 Å². The normalized spacial score (nSPS) is 11.5. The van der Waals surface area contributed by atoms with Crippen molar-refractivity contribution in [2.45, 2.75) is 31.5 Å². The molecule has 4 nitrogen and oxygen atoms in total. The van der Waals surface area contributed by atoms with E-state index in [1.54, 1.807) is 11.8 Å². The third kappa shape index (κ3) is 2.91. The maximum Gasteiger partial charge on any atom is 0.195 e. The molecule has 0 aliphatic carbocycles. The number of thioether (sulfide) groups is 1. The summed E-state index contributed by atoms with van der Waals surface area (Å²) in [6.07, 6.45) is 1.87. The first kappa shape index (κ1) is 15.3. The molecular weight excluding hydrogens is 318 g/mol. The van der Waals surface area contributed by atoms with Gasteiger partial charge in [-0.1, -0.05) is 36.0 Å². The molecule has 0 amide bonds. The van der Waals surface area contributed by atoms with E-state index < -0.39 is 0 Å². The maximum atomic E-state index is 5.77. The number of benzene rings is 2. The lowest BCUT2D eigenvalue weighted by Crippen LogP contribution is -1.97. The zero-order valence-corrected chi connectivity index (χ0v) is 14.4. The summed E-state index contributed by atoms with van der Waals surface area (Å²) in [6, 6.07) is 16.2. The number of imidazole rings is 1. The zero-order valence-electron chi connectivity index (χ0n) is 13.6. The van der Waals surface area contributed by atoms with E-state index in [0.717, 1.165) is 52.8 Å². The van der Waals surface area contributed by atoms with E-state index in [2.05, 4.69) is 34.7 Å². The van der Waals surface area contributed by atoms with Crippen molar-refractivity contribution in [1.82, 2.24) is 14.5 Å². The summed E-state index contributed by atoms with van der Waals surface area (Å²) in [6.45, 7) is 3.10. The lowest BCUT2D eigenvalue weighted by atomic mass is 10.3. The minimum atomic E-state index is 0.820. The van der Waals surface area contributed by atoms with Crippen molar-refractivity contribution in [3.05, 3.63) is 54.4 Å². The molecule has 0 unspecified atom stereocenters. The summed E-state index contributed by atoms with van der Waals surface area (Å²) in [5, 5.41) is 1.09. The molecule has 0 atom stereocenters. The van der Waals surface area contributed by atoms with Crippen LogP contribution in [-0.4, -0.2) is 20.3 Å². The van der Waals surface area contributed by atoms with E-state index >= 15 is 0 Å². The Kier molecular flexibility index (Phi) is 4.26. The van der Waals surface area contributed by atoms with E-state index in [4.69, 9.17) is 9.40 Å². The van der Waals surface area contributed by atoms with Crippen molar-refractivity contribution >= 4 is 33.9 Å². The van der Waals surface area contributed by atoms with Crippen molar-refractivity contribution in [1.29, 1.82) is 0 Å². The topological polar surface area (TPSA) is 43.9 Å². The van der Waals surface area contributed by atoms with Gasteiger partial charge < -0.3 is 8.98 Å². The standard InChI is InChI=1S/C19H19N3OS/c1-2-22-16-10-5-3-8-14(16)21-19(22)24-13-7-12-18-20-15-9-4-6-11-17(15)23-18/h3-6,8-11H,2,7,12-13H2,1H3. The highest BCUT2D eigenvalue weighted by Gasteiger charge is 2.10. The van der Waals surface area contributed by atoms with Crippen molar-refractivity contribution in [2.75, 3.05) is 5.75 Å². The number of hydrogen-bond donors (Lipinski definition) is 0. The van der Waals surface area contributed by atoms with Gasteiger partial charge in [-0.25, -0.2) is 9.97 Å². The third-order valence-electron chi connectivity index (χ3n) is 4.04. The van der Waals surface area contributed by atoms with Crippen LogP contribution >= 0.6 is 11.8 Å². The van der Waals surface area contributed by atoms with Gasteiger partial charge in [0.2, 0.25) is 0 Å². The lowest BCUT2D eigenvalue weighted by Gasteiger charge is -2.04. The Morgan fingerprint density at radius 1 is 1.00 bits per heavy atom. The van der Waals surface area contributed by atoms with Crippen LogP contribution < -0.4 is 0 Å². The van der Waals surface area contributed by atoms with Gasteiger partial charge in [-0.15, -0.1) is 0 Å². The van der Waals surface area contributed by atoms with Crippen LogP contribution in [0.2, 0.25) is 0 Å². The molecule has 0 radical (unpaired) electrons. The lowest BCUT2D eigenvalue weighted by molar-refractivity contribution is 0.526. The van der Waals surface area contributed by atoms with Gasteiger partial charge in [0.1, 0.15) is 5.52 Å². The summed E-state index contributed by atoms with van der Waals surface area (Å²) < 4.78 is 8.05. The van der Waals surface area contributed by atoms with E-state index in [9.17, 15) is 0 Å². The Morgan fingerprint density at radius 3 is 2.62 bits per heavy atom. The maximum absolute atomic E-state index is 5.77. The van der Waals surface area contributed by atoms with E-state index in [0.29, 0.717) is 0 Å². The van der Waals surface area contributed by atoms with Crippen molar-refractivity contribution in [3.63, 3.8) is 0 Å². The van der Waals surface area contributed by atoms with Crippen molar-refractivity contribution in [3.8, 4) is 0 Å². The predicted octanol–water partition coefficient (Wildman–Crippen LogP) is 4.92. The van der Waals surface area contributed by atoms with Gasteiger partial charge in [0, 0.05) is 18.7 Å². The van der Waals surface area contributed by atoms with Crippen LogP contribution in [0.15, 0.2) is 58.1 Å². The Morgan fingerprint density at radius 2 is 1.79 bits per heavy atom. The van der Waals surface area contributed by atoms with Crippen molar-refractivity contribution in [2.24, 2.45) is 0 Å². The Labute approximate surface area is 144 Å². The van der Waals surface area contributed by atoms with Gasteiger partial charge in [0.15, 0.2) is 16.6 Å². The monoisotopic (exact) mass is 337 g/mol. The minimum absolute atomic E-state index is 0.820. The van der Waals surface area contributed by atoms with Crippen LogP contribution in [0.4, 0.5) is 0 Å². The zero-order chi connectivity index (χ0) is 16.4. The molecule has 2 heterocycles. The van der Waals surface area contributed by atoms with Gasteiger partial charge in [-0.3, -0.25) is 0 Å². The molecule has 5 heteroatoms. The summed E-state index contributed by atoms with van der Waals surface area (Å²) in [7, 11) is 0. The molecule has 0 bridgehead atoms. The van der Waals surface area contributed by atoms with E-state index in [1.807, 2.05) is 30.3 Å². The average Bonchev–Trinajstić information content (AvgIpc) is 3.18. The largest absolute Gasteiger partial charge is 0.441 e. The SMILES string of the molecule is CCn1c(SCCCc2nc3ccccc3o2)nc2ccccc21. The molecule has 0 fully saturated rings. The number of oxazole rings is 1. The molecule has 122 valence electrons. The third-order valence-corrected chi connectivity index (χ3v) is 5.10. The fourth-order valence-electron chi connectivity index (χ4n) is 2.88. The highest BCUT2D eigenvalue weighted by molar-refractivity contribution is 7.99. The summed E-state index contributed by atoms with van der Waals surface area (Å²) in [4.78, 5) is 9.28. The number of aryl methyl sites for hydroxylation is 2. The number of nitrogens with zero attached hydrogens (tertiary/aromatic N) is 3. The van der Waals surface area contributed by atoms with Crippen LogP contribution in [0.3, 0.4) is 0 Å². The van der Waals surface area contributed by atoms with Crippen LogP contribution in [0.5, 0.6) is 0 Å². The number of para-hydroxylation sites is 4. The number of aromatic nitrogens is 3. The first-order chi connectivity index (χ1) is 11.8. The fraction of sp³-hybridized carbons (Fsp3) is 0.263. The van der Waals surface area contributed by atoms with Crippen LogP contribution in [-0.2, 0) is 13.0 Å². The summed E-state index contributed by atoms with van der Waals surface area (Å²) >= 11 is 1.81. The van der Waals surface area contributed by atoms with Gasteiger partial charge >= 0.3 is 0 Å². The van der Waals surface area contributed by atoms with E-state index in [1.165, 1.54) is 5.52 Å². The highest BCUT2D eigenvalue weighted by Crippen LogP contribution is 2.25. The van der Waals surface area contributed by atoms with Gasteiger partial charge in [-0.2, -0.15) is 0 Å². The highest BCUT2D eigenvalue weighted by atomic mass is 32.2. The smallest absolute Gasteiger partial charge is 0.195 e. The fourth-order valence-corrected chi connectivity index (χ4v) is 3.90. The number of fused-ring (bicyclic) bond motifs is 2. The molecule has 0 N–H and O–H groups in total. The summed E-state index contributed by atoms with van der Waals surface area (Å²) in [5.74, 6) is 1.82. The predicted molar refractivity (Wildman–Crippen MR) is 98.5 cm³/mol. The molecular formula is C19H19N3OS. The van der Waals surface area contributed by atoms with Crippen LogP contribution in [0.1, 0.15) is 19.2 Å². The van der Waals surface area contributed by atoms with Crippen LogP contribution in [0, 0.1) is 0 Å². The molecule has 4 aromatic rings. The molecule has 0 aliphatic rings. The minimum Gasteiger partial charge on any atom is -0.441 e. The second kappa shape index (κ2) is 6.69. The Bertz CT molecular complexity index is 940. The molecule has 2 aromatic heterocycles. The molecule has 0 spiro atoms. The molecule has 0 saturated heterocycles.